The van der Waals surface area contributed by atoms with Gasteiger partial charge in [-0.15, -0.1) is 0 Å². The van der Waals surface area contributed by atoms with E-state index >= 15 is 0 Å². The number of pyridine rings is 1. The van der Waals surface area contributed by atoms with Gasteiger partial charge < -0.3 is 20.1 Å². The Balaban J connectivity index is 1.65. The minimum absolute atomic E-state index is 0.0726. The number of benzene rings is 2. The zero-order chi connectivity index (χ0) is 25.1. The number of ether oxygens (including phenoxy) is 2. The van der Waals surface area contributed by atoms with Gasteiger partial charge in [0.2, 0.25) is 5.88 Å². The Morgan fingerprint density at radius 3 is 2.60 bits per heavy atom. The first-order valence-corrected chi connectivity index (χ1v) is 12.3. The summed E-state index contributed by atoms with van der Waals surface area (Å²) in [6.07, 6.45) is 0.602. The van der Waals surface area contributed by atoms with Crippen LogP contribution in [0.1, 0.15) is 57.7 Å². The van der Waals surface area contributed by atoms with Crippen molar-refractivity contribution in [3.05, 3.63) is 86.6 Å². The lowest BCUT2D eigenvalue weighted by Gasteiger charge is -2.32. The average Bonchev–Trinajstić information content (AvgIpc) is 2.82. The predicted molar refractivity (Wildman–Crippen MR) is 138 cm³/mol. The fraction of sp³-hybridized carbons (Fsp3) is 0.357. The Labute approximate surface area is 212 Å². The van der Waals surface area contributed by atoms with Gasteiger partial charge in [-0.1, -0.05) is 41.9 Å². The maximum atomic E-state index is 13.7. The molecule has 1 aliphatic rings. The first-order chi connectivity index (χ1) is 16.8. The van der Waals surface area contributed by atoms with E-state index < -0.39 is 0 Å². The first-order valence-electron chi connectivity index (χ1n) is 11.9. The van der Waals surface area contributed by atoms with Gasteiger partial charge in [0.05, 0.1) is 23.2 Å². The Bertz CT molecular complexity index is 1230. The molecule has 4 rings (SSSR count). The number of carbonyl (C=O) groups excluding carboxylic acids is 1. The molecule has 0 fully saturated rings. The lowest BCUT2D eigenvalue weighted by Crippen LogP contribution is -2.38. The molecule has 0 saturated carbocycles. The van der Waals surface area contributed by atoms with Crippen molar-refractivity contribution in [3.8, 4) is 11.6 Å². The average molecular weight is 494 g/mol. The van der Waals surface area contributed by atoms with Crippen molar-refractivity contribution in [1.82, 2.24) is 9.88 Å². The predicted octanol–water partition coefficient (Wildman–Crippen LogP) is 5.38. The molecular weight excluding hydrogens is 462 g/mol. The number of halogens is 1. The van der Waals surface area contributed by atoms with Crippen LogP contribution in [0, 0.1) is 13.8 Å². The summed E-state index contributed by atoms with van der Waals surface area (Å²) in [4.78, 5) is 20.2. The van der Waals surface area contributed by atoms with Crippen LogP contribution in [-0.2, 0) is 26.1 Å². The molecule has 0 unspecified atom stereocenters. The molecule has 1 aromatic heterocycles. The van der Waals surface area contributed by atoms with Crippen LogP contribution < -0.4 is 15.2 Å². The Morgan fingerprint density at radius 2 is 1.91 bits per heavy atom. The Morgan fingerprint density at radius 1 is 1.17 bits per heavy atom. The van der Waals surface area contributed by atoms with E-state index in [1.54, 1.807) is 0 Å². The van der Waals surface area contributed by atoms with E-state index in [-0.39, 0.29) is 12.0 Å². The van der Waals surface area contributed by atoms with Crippen molar-refractivity contribution in [1.29, 1.82) is 0 Å². The molecule has 6 nitrogen and oxygen atoms in total. The number of fused-ring (bicyclic) bond motifs is 1. The third-order valence-electron chi connectivity index (χ3n) is 6.15. The summed E-state index contributed by atoms with van der Waals surface area (Å²) < 4.78 is 12.0. The van der Waals surface area contributed by atoms with Gasteiger partial charge >= 0.3 is 0 Å². The minimum atomic E-state index is -0.130. The van der Waals surface area contributed by atoms with Crippen LogP contribution in [0.2, 0.25) is 5.02 Å². The molecule has 0 radical (unpaired) electrons. The van der Waals surface area contributed by atoms with E-state index in [1.807, 2.05) is 75.1 Å². The van der Waals surface area contributed by atoms with Gasteiger partial charge in [0, 0.05) is 24.3 Å². The number of amides is 1. The number of rotatable bonds is 8. The Kier molecular flexibility index (Phi) is 7.63. The summed E-state index contributed by atoms with van der Waals surface area (Å²) in [5, 5.41) is 0.347. The van der Waals surface area contributed by atoms with Crippen LogP contribution in [-0.4, -0.2) is 28.4 Å². The molecule has 0 aliphatic carbocycles. The number of nitrogens with two attached hydrogens (primary N) is 1. The standard InChI is InChI=1S/C28H32ClN3O3/c1-17(2)35-24-13-21(14-30)22-10-11-32(28(33)25(22)26(24)29)15-23-18(3)12-19(4)31-27(23)34-16-20-8-6-5-7-9-20/h5-9,12-13,17H,10-11,14-16,30H2,1-4H3. The molecule has 0 spiro atoms. The molecule has 1 aliphatic heterocycles. The summed E-state index contributed by atoms with van der Waals surface area (Å²) in [6, 6.07) is 13.9. The van der Waals surface area contributed by atoms with Gasteiger partial charge in [-0.3, -0.25) is 4.79 Å². The molecule has 7 heteroatoms. The third kappa shape index (κ3) is 5.44. The second-order valence-corrected chi connectivity index (χ2v) is 9.57. The SMILES string of the molecule is Cc1cc(C)c(CN2CCc3c(CN)cc(OC(C)C)c(Cl)c3C2=O)c(OCc2ccccc2)n1. The van der Waals surface area contributed by atoms with Crippen LogP contribution in [0.4, 0.5) is 0 Å². The maximum Gasteiger partial charge on any atom is 0.256 e. The van der Waals surface area contributed by atoms with E-state index in [1.165, 1.54) is 0 Å². The van der Waals surface area contributed by atoms with E-state index in [0.29, 0.717) is 54.9 Å². The number of hydrogen-bond acceptors (Lipinski definition) is 5. The van der Waals surface area contributed by atoms with Gasteiger partial charge in [-0.05, 0) is 68.5 Å². The van der Waals surface area contributed by atoms with Crippen molar-refractivity contribution >= 4 is 17.5 Å². The lowest BCUT2D eigenvalue weighted by molar-refractivity contribution is 0.0723. The zero-order valence-electron chi connectivity index (χ0n) is 20.7. The normalized spacial score (nSPS) is 13.2. The van der Waals surface area contributed by atoms with Crippen LogP contribution in [0.25, 0.3) is 0 Å². The van der Waals surface area contributed by atoms with Gasteiger partial charge in [0.1, 0.15) is 12.4 Å². The van der Waals surface area contributed by atoms with Crippen LogP contribution >= 0.6 is 11.6 Å². The molecule has 0 atom stereocenters. The summed E-state index contributed by atoms with van der Waals surface area (Å²) in [6.45, 7) is 9.48. The largest absolute Gasteiger partial charge is 0.489 e. The molecule has 0 bridgehead atoms. The molecule has 2 heterocycles. The second-order valence-electron chi connectivity index (χ2n) is 9.19. The van der Waals surface area contributed by atoms with Gasteiger partial charge in [0.25, 0.3) is 5.91 Å². The van der Waals surface area contributed by atoms with Crippen LogP contribution in [0.15, 0.2) is 42.5 Å². The van der Waals surface area contributed by atoms with E-state index in [0.717, 1.165) is 33.5 Å². The fourth-order valence-electron chi connectivity index (χ4n) is 4.47. The van der Waals surface area contributed by atoms with Crippen molar-refractivity contribution < 1.29 is 14.3 Å². The lowest BCUT2D eigenvalue weighted by atomic mass is 9.92. The fourth-order valence-corrected chi connectivity index (χ4v) is 4.76. The molecule has 2 N–H and O–H groups in total. The summed E-state index contributed by atoms with van der Waals surface area (Å²) >= 11 is 6.71. The van der Waals surface area contributed by atoms with Crippen molar-refractivity contribution in [2.45, 2.75) is 59.9 Å². The van der Waals surface area contributed by atoms with Gasteiger partial charge in [-0.25, -0.2) is 4.98 Å². The molecule has 0 saturated heterocycles. The zero-order valence-corrected chi connectivity index (χ0v) is 21.5. The monoisotopic (exact) mass is 493 g/mol. The Hall–Kier alpha value is -3.09. The number of nitrogens with zero attached hydrogens (tertiary/aromatic N) is 2. The van der Waals surface area contributed by atoms with Crippen molar-refractivity contribution in [2.75, 3.05) is 6.54 Å². The maximum absolute atomic E-state index is 13.7. The summed E-state index contributed by atoms with van der Waals surface area (Å²) in [7, 11) is 0. The second kappa shape index (κ2) is 10.7. The summed E-state index contributed by atoms with van der Waals surface area (Å²) in [5.41, 5.74) is 12.2. The number of hydrogen-bond donors (Lipinski definition) is 1. The highest BCUT2D eigenvalue weighted by Crippen LogP contribution is 2.38. The van der Waals surface area contributed by atoms with Crippen LogP contribution in [0.5, 0.6) is 11.6 Å². The van der Waals surface area contributed by atoms with Gasteiger partial charge in [-0.2, -0.15) is 0 Å². The number of aromatic nitrogens is 1. The highest BCUT2D eigenvalue weighted by Gasteiger charge is 2.31. The highest BCUT2D eigenvalue weighted by molar-refractivity contribution is 6.35. The van der Waals surface area contributed by atoms with Crippen LogP contribution in [0.3, 0.4) is 0 Å². The topological polar surface area (TPSA) is 77.7 Å². The van der Waals surface area contributed by atoms with Gasteiger partial charge in [0.15, 0.2) is 0 Å². The number of carbonyl (C=O) groups is 1. The number of aryl methyl sites for hydroxylation is 2. The quantitative estimate of drug-likeness (QED) is 0.456. The van der Waals surface area contributed by atoms with Crippen molar-refractivity contribution in [3.63, 3.8) is 0 Å². The third-order valence-corrected chi connectivity index (χ3v) is 6.53. The van der Waals surface area contributed by atoms with Crippen molar-refractivity contribution in [2.24, 2.45) is 5.73 Å². The summed E-state index contributed by atoms with van der Waals surface area (Å²) in [5.74, 6) is 0.917. The van der Waals surface area contributed by atoms with E-state index in [2.05, 4.69) is 4.98 Å². The van der Waals surface area contributed by atoms with E-state index in [9.17, 15) is 4.79 Å². The minimum Gasteiger partial charge on any atom is -0.489 e. The molecular formula is C28H32ClN3O3. The highest BCUT2D eigenvalue weighted by atomic mass is 35.5. The smallest absolute Gasteiger partial charge is 0.256 e. The molecule has 1 amide bonds. The van der Waals surface area contributed by atoms with E-state index in [4.69, 9.17) is 26.8 Å². The molecule has 3 aromatic rings. The first kappa shape index (κ1) is 25.0. The molecule has 35 heavy (non-hydrogen) atoms. The molecule has 184 valence electrons. The molecule has 2 aromatic carbocycles.